The van der Waals surface area contributed by atoms with E-state index in [-0.39, 0.29) is 31.5 Å². The first kappa shape index (κ1) is 21.2. The zero-order valence-corrected chi connectivity index (χ0v) is 16.8. The van der Waals surface area contributed by atoms with Gasteiger partial charge in [-0.15, -0.1) is 0 Å². The number of halogens is 3. The number of pyridine rings is 1. The van der Waals surface area contributed by atoms with Gasteiger partial charge in [0.1, 0.15) is 0 Å². The van der Waals surface area contributed by atoms with E-state index in [1.807, 2.05) is 17.5 Å². The van der Waals surface area contributed by atoms with Gasteiger partial charge in [0.2, 0.25) is 0 Å². The van der Waals surface area contributed by atoms with Crippen LogP contribution in [0.4, 0.5) is 8.78 Å². The molecule has 28 heavy (non-hydrogen) atoms. The number of nitrogens with zero attached hydrogens (tertiary/aromatic N) is 1. The number of alkyl halides is 2. The van der Waals surface area contributed by atoms with E-state index in [1.165, 1.54) is 0 Å². The summed E-state index contributed by atoms with van der Waals surface area (Å²) in [6.07, 6.45) is 2.27. The molecule has 1 aliphatic carbocycles. The fraction of sp³-hybridized carbons (Fsp3) is 0.571. The fourth-order valence-electron chi connectivity index (χ4n) is 4.04. The molecule has 154 valence electrons. The minimum Gasteiger partial charge on any atom is -0.390 e. The molecule has 3 rings (SSSR count). The lowest BCUT2D eigenvalue weighted by molar-refractivity contribution is -0.126. The van der Waals surface area contributed by atoms with Crippen molar-refractivity contribution in [3.05, 3.63) is 40.7 Å². The highest BCUT2D eigenvalue weighted by atomic mass is 35.5. The van der Waals surface area contributed by atoms with Crippen LogP contribution in [-0.4, -0.2) is 40.0 Å². The second kappa shape index (κ2) is 8.47. The van der Waals surface area contributed by atoms with Gasteiger partial charge in [-0.05, 0) is 44.4 Å². The van der Waals surface area contributed by atoms with Gasteiger partial charge < -0.3 is 14.2 Å². The third-order valence-corrected chi connectivity index (χ3v) is 5.72. The Morgan fingerprint density at radius 3 is 2.89 bits per heavy atom. The molecule has 1 aliphatic rings. The van der Waals surface area contributed by atoms with Gasteiger partial charge in [0.15, 0.2) is 5.78 Å². The van der Waals surface area contributed by atoms with Crippen LogP contribution in [0.2, 0.25) is 5.02 Å². The molecule has 1 N–H and O–H groups in total. The topological polar surface area (TPSA) is 50.9 Å². The van der Waals surface area contributed by atoms with Gasteiger partial charge in [0.05, 0.1) is 22.7 Å². The van der Waals surface area contributed by atoms with E-state index in [9.17, 15) is 18.7 Å². The number of carbonyl (C=O) groups is 1. The summed E-state index contributed by atoms with van der Waals surface area (Å²) in [7, 11) is 0. The number of aliphatic hydroxyl groups is 1. The molecule has 1 saturated carbocycles. The van der Waals surface area contributed by atoms with Crippen molar-refractivity contribution in [1.29, 1.82) is 0 Å². The van der Waals surface area contributed by atoms with Crippen LogP contribution >= 0.6 is 11.6 Å². The van der Waals surface area contributed by atoms with Crippen molar-refractivity contribution >= 4 is 22.9 Å². The molecule has 0 radical (unpaired) electrons. The van der Waals surface area contributed by atoms with Gasteiger partial charge in [-0.1, -0.05) is 11.6 Å². The standard InChI is InChI=1S/C21H26ClF2NO3/c1-2-28-12-7-15-13-16(19-17(22)5-3-11-25(15)19)18(26)6-10-20(27)8-4-9-21(23,24)14-20/h3,5,11,13,27H,2,4,6-10,12,14H2,1H3. The molecular formula is C21H26ClF2NO3. The lowest BCUT2D eigenvalue weighted by Crippen LogP contribution is -2.41. The van der Waals surface area contributed by atoms with Crippen molar-refractivity contribution in [1.82, 2.24) is 4.40 Å². The van der Waals surface area contributed by atoms with Gasteiger partial charge >= 0.3 is 0 Å². The van der Waals surface area contributed by atoms with Gasteiger partial charge in [0.25, 0.3) is 5.92 Å². The molecule has 0 amide bonds. The normalized spacial score (nSPS) is 21.9. The average molecular weight is 414 g/mol. The lowest BCUT2D eigenvalue weighted by atomic mass is 9.79. The van der Waals surface area contributed by atoms with Gasteiger partial charge in [-0.2, -0.15) is 0 Å². The molecule has 7 heteroatoms. The Bertz CT molecular complexity index is 852. The number of hydrogen-bond acceptors (Lipinski definition) is 3. The first-order valence-electron chi connectivity index (χ1n) is 9.74. The number of hydrogen-bond donors (Lipinski definition) is 1. The predicted molar refractivity (Wildman–Crippen MR) is 105 cm³/mol. The predicted octanol–water partition coefficient (Wildman–Crippen LogP) is 5.08. The van der Waals surface area contributed by atoms with E-state index in [2.05, 4.69) is 0 Å². The van der Waals surface area contributed by atoms with Crippen molar-refractivity contribution < 1.29 is 23.4 Å². The van der Waals surface area contributed by atoms with Gasteiger partial charge in [-0.25, -0.2) is 8.78 Å². The molecule has 1 unspecified atom stereocenters. The molecule has 1 fully saturated rings. The maximum Gasteiger partial charge on any atom is 0.250 e. The molecule has 0 saturated heterocycles. The van der Waals surface area contributed by atoms with E-state index in [1.54, 1.807) is 18.2 Å². The Labute approximate surface area is 168 Å². The fourth-order valence-corrected chi connectivity index (χ4v) is 4.30. The van der Waals surface area contributed by atoms with Crippen LogP contribution in [0, 0.1) is 0 Å². The quantitative estimate of drug-likeness (QED) is 0.485. The maximum absolute atomic E-state index is 13.7. The number of rotatable bonds is 8. The van der Waals surface area contributed by atoms with Crippen molar-refractivity contribution in [3.63, 3.8) is 0 Å². The summed E-state index contributed by atoms with van der Waals surface area (Å²) in [5, 5.41) is 11.0. The average Bonchev–Trinajstić information content (AvgIpc) is 2.99. The molecule has 2 aromatic heterocycles. The molecule has 2 heterocycles. The summed E-state index contributed by atoms with van der Waals surface area (Å²) < 4.78 is 34.6. The van der Waals surface area contributed by atoms with Crippen molar-refractivity contribution in [3.8, 4) is 0 Å². The third kappa shape index (κ3) is 4.73. The second-order valence-corrected chi connectivity index (χ2v) is 8.01. The van der Waals surface area contributed by atoms with Crippen LogP contribution in [0.1, 0.15) is 61.5 Å². The van der Waals surface area contributed by atoms with Gasteiger partial charge in [-0.3, -0.25) is 4.79 Å². The van der Waals surface area contributed by atoms with Crippen molar-refractivity contribution in [2.24, 2.45) is 0 Å². The summed E-state index contributed by atoms with van der Waals surface area (Å²) >= 11 is 6.34. The maximum atomic E-state index is 13.7. The lowest BCUT2D eigenvalue weighted by Gasteiger charge is -2.36. The SMILES string of the molecule is CCOCCc1cc(C(=O)CCC2(O)CCCC(F)(F)C2)c2c(Cl)cccn12. The number of fused-ring (bicyclic) bond motifs is 1. The molecule has 0 aliphatic heterocycles. The number of carbonyl (C=O) groups excluding carboxylic acids is 1. The Morgan fingerprint density at radius 1 is 1.39 bits per heavy atom. The van der Waals surface area contributed by atoms with E-state index < -0.39 is 17.9 Å². The summed E-state index contributed by atoms with van der Waals surface area (Å²) in [6.45, 7) is 3.05. The summed E-state index contributed by atoms with van der Waals surface area (Å²) in [4.78, 5) is 12.9. The molecule has 0 bridgehead atoms. The van der Waals surface area contributed by atoms with Crippen LogP contribution in [0.3, 0.4) is 0 Å². The Kier molecular flexibility index (Phi) is 6.42. The van der Waals surface area contributed by atoms with E-state index in [4.69, 9.17) is 16.3 Å². The number of aromatic nitrogens is 1. The highest BCUT2D eigenvalue weighted by Crippen LogP contribution is 2.41. The Morgan fingerprint density at radius 2 is 2.18 bits per heavy atom. The summed E-state index contributed by atoms with van der Waals surface area (Å²) in [5.74, 6) is -3.06. The first-order chi connectivity index (χ1) is 13.2. The molecule has 4 nitrogen and oxygen atoms in total. The zero-order chi connectivity index (χ0) is 20.4. The largest absolute Gasteiger partial charge is 0.390 e. The zero-order valence-electron chi connectivity index (χ0n) is 16.0. The van der Waals surface area contributed by atoms with Crippen molar-refractivity contribution in [2.75, 3.05) is 13.2 Å². The minimum atomic E-state index is -2.87. The molecule has 1 atom stereocenters. The van der Waals surface area contributed by atoms with Crippen LogP contribution in [-0.2, 0) is 11.2 Å². The molecule has 2 aromatic rings. The first-order valence-corrected chi connectivity index (χ1v) is 10.1. The van der Waals surface area contributed by atoms with E-state index >= 15 is 0 Å². The number of Topliss-reactive ketones (excluding diaryl/α,β-unsaturated/α-hetero) is 1. The summed E-state index contributed by atoms with van der Waals surface area (Å²) in [6, 6.07) is 5.32. The van der Waals surface area contributed by atoms with E-state index in [0.29, 0.717) is 42.2 Å². The second-order valence-electron chi connectivity index (χ2n) is 7.60. The van der Waals surface area contributed by atoms with Crippen LogP contribution in [0.15, 0.2) is 24.4 Å². The number of ketones is 1. The number of ether oxygens (including phenoxy) is 1. The summed E-state index contributed by atoms with van der Waals surface area (Å²) in [5.41, 5.74) is 0.483. The highest BCUT2D eigenvalue weighted by molar-refractivity contribution is 6.35. The monoisotopic (exact) mass is 413 g/mol. The Hall–Kier alpha value is -1.50. The van der Waals surface area contributed by atoms with Crippen molar-refractivity contribution in [2.45, 2.75) is 63.4 Å². The smallest absolute Gasteiger partial charge is 0.250 e. The molecule has 0 spiro atoms. The van der Waals surface area contributed by atoms with Crippen LogP contribution < -0.4 is 0 Å². The van der Waals surface area contributed by atoms with E-state index in [0.717, 1.165) is 5.69 Å². The highest BCUT2D eigenvalue weighted by Gasteiger charge is 2.44. The molecule has 0 aromatic carbocycles. The van der Waals surface area contributed by atoms with Crippen LogP contribution in [0.5, 0.6) is 0 Å². The Balaban J connectivity index is 1.79. The van der Waals surface area contributed by atoms with Crippen LogP contribution in [0.25, 0.3) is 5.52 Å². The third-order valence-electron chi connectivity index (χ3n) is 5.42. The van der Waals surface area contributed by atoms with Gasteiger partial charge in [0, 0.05) is 49.7 Å². The molecular weight excluding hydrogens is 388 g/mol. The minimum absolute atomic E-state index is 0.00236.